The summed E-state index contributed by atoms with van der Waals surface area (Å²) in [7, 11) is 0. The quantitative estimate of drug-likeness (QED) is 0.914. The fourth-order valence-electron chi connectivity index (χ4n) is 1.35. The van der Waals surface area contributed by atoms with Crippen LogP contribution in [0.3, 0.4) is 0 Å². The van der Waals surface area contributed by atoms with Crippen LogP contribution >= 0.6 is 15.9 Å². The third-order valence-corrected chi connectivity index (χ3v) is 2.71. The van der Waals surface area contributed by atoms with E-state index in [0.717, 1.165) is 17.3 Å². The Labute approximate surface area is 98.4 Å². The topological polar surface area (TPSA) is 42.0 Å². The minimum absolute atomic E-state index is 0.122. The molecule has 1 unspecified atom stereocenters. The number of halogens is 1. The van der Waals surface area contributed by atoms with Crippen molar-refractivity contribution >= 4 is 21.8 Å². The molecule has 1 rings (SSSR count). The second-order valence-corrected chi connectivity index (χ2v) is 4.35. The summed E-state index contributed by atoms with van der Waals surface area (Å²) in [6.45, 7) is 4.09. The summed E-state index contributed by atoms with van der Waals surface area (Å²) in [6.07, 6.45) is 3.66. The Balaban J connectivity index is 2.65. The van der Waals surface area contributed by atoms with Crippen LogP contribution < -0.4 is 5.32 Å². The summed E-state index contributed by atoms with van der Waals surface area (Å²) in [4.78, 5) is 15.8. The SMILES string of the molecule is CCCC(C)NC(=O)c1ncccc1Br. The van der Waals surface area contributed by atoms with Crippen molar-refractivity contribution < 1.29 is 4.79 Å². The van der Waals surface area contributed by atoms with Gasteiger partial charge in [-0.2, -0.15) is 0 Å². The van der Waals surface area contributed by atoms with Crippen molar-refractivity contribution in [1.82, 2.24) is 10.3 Å². The Morgan fingerprint density at radius 3 is 3.00 bits per heavy atom. The molecule has 0 fully saturated rings. The zero-order valence-electron chi connectivity index (χ0n) is 8.96. The second-order valence-electron chi connectivity index (χ2n) is 3.50. The second kappa shape index (κ2) is 5.85. The van der Waals surface area contributed by atoms with Gasteiger partial charge in [-0.15, -0.1) is 0 Å². The average Bonchev–Trinajstić information content (AvgIpc) is 2.18. The number of carbonyl (C=O) groups is 1. The number of rotatable bonds is 4. The average molecular weight is 271 g/mol. The van der Waals surface area contributed by atoms with Crippen molar-refractivity contribution in [2.45, 2.75) is 32.7 Å². The number of nitrogens with zero attached hydrogens (tertiary/aromatic N) is 1. The van der Waals surface area contributed by atoms with Crippen molar-refractivity contribution in [3.63, 3.8) is 0 Å². The molecule has 15 heavy (non-hydrogen) atoms. The molecule has 0 bridgehead atoms. The predicted molar refractivity (Wildman–Crippen MR) is 63.8 cm³/mol. The van der Waals surface area contributed by atoms with Crippen LogP contribution in [0.1, 0.15) is 37.2 Å². The van der Waals surface area contributed by atoms with Gasteiger partial charge in [-0.1, -0.05) is 13.3 Å². The summed E-state index contributed by atoms with van der Waals surface area (Å²) in [5.74, 6) is -0.122. The van der Waals surface area contributed by atoms with Crippen molar-refractivity contribution in [3.05, 3.63) is 28.5 Å². The van der Waals surface area contributed by atoms with E-state index in [0.29, 0.717) is 5.69 Å². The first-order valence-corrected chi connectivity index (χ1v) is 5.85. The smallest absolute Gasteiger partial charge is 0.271 e. The summed E-state index contributed by atoms with van der Waals surface area (Å²) in [5.41, 5.74) is 0.445. The molecule has 1 heterocycles. The van der Waals surface area contributed by atoms with Gasteiger partial charge >= 0.3 is 0 Å². The van der Waals surface area contributed by atoms with Gasteiger partial charge in [-0.05, 0) is 41.4 Å². The largest absolute Gasteiger partial charge is 0.348 e. The monoisotopic (exact) mass is 270 g/mol. The number of hydrogen-bond donors (Lipinski definition) is 1. The van der Waals surface area contributed by atoms with Crippen molar-refractivity contribution in [3.8, 4) is 0 Å². The first-order chi connectivity index (χ1) is 7.15. The van der Waals surface area contributed by atoms with Crippen LogP contribution in [0.15, 0.2) is 22.8 Å². The number of hydrogen-bond acceptors (Lipinski definition) is 2. The van der Waals surface area contributed by atoms with E-state index < -0.39 is 0 Å². The fraction of sp³-hybridized carbons (Fsp3) is 0.455. The molecule has 1 amide bonds. The molecule has 0 aliphatic heterocycles. The molecule has 1 aromatic rings. The van der Waals surface area contributed by atoms with E-state index in [-0.39, 0.29) is 11.9 Å². The molecule has 0 saturated carbocycles. The number of aromatic nitrogens is 1. The summed E-state index contributed by atoms with van der Waals surface area (Å²) >= 11 is 3.30. The van der Waals surface area contributed by atoms with Crippen LogP contribution in [0.4, 0.5) is 0 Å². The van der Waals surface area contributed by atoms with Crippen LogP contribution in [0.5, 0.6) is 0 Å². The minimum Gasteiger partial charge on any atom is -0.348 e. The van der Waals surface area contributed by atoms with E-state index >= 15 is 0 Å². The Kier molecular flexibility index (Phi) is 4.75. The number of nitrogens with one attached hydrogen (secondary N) is 1. The molecule has 1 N–H and O–H groups in total. The first-order valence-electron chi connectivity index (χ1n) is 5.06. The van der Waals surface area contributed by atoms with Gasteiger partial charge in [-0.3, -0.25) is 4.79 Å². The molecular formula is C11H15BrN2O. The Morgan fingerprint density at radius 2 is 2.40 bits per heavy atom. The van der Waals surface area contributed by atoms with E-state index in [1.165, 1.54) is 0 Å². The zero-order valence-corrected chi connectivity index (χ0v) is 10.5. The molecule has 3 nitrogen and oxygen atoms in total. The molecule has 1 atom stereocenters. The molecule has 1 aromatic heterocycles. The van der Waals surface area contributed by atoms with Crippen LogP contribution in [0, 0.1) is 0 Å². The van der Waals surface area contributed by atoms with Crippen LogP contribution in [-0.4, -0.2) is 16.9 Å². The molecule has 0 aliphatic rings. The van der Waals surface area contributed by atoms with Crippen molar-refractivity contribution in [2.75, 3.05) is 0 Å². The lowest BCUT2D eigenvalue weighted by Gasteiger charge is -2.12. The summed E-state index contributed by atoms with van der Waals surface area (Å²) in [6, 6.07) is 3.79. The van der Waals surface area contributed by atoms with Crippen molar-refractivity contribution in [2.24, 2.45) is 0 Å². The Bertz CT molecular complexity index is 341. The van der Waals surface area contributed by atoms with Gasteiger partial charge in [0.2, 0.25) is 0 Å². The van der Waals surface area contributed by atoms with Crippen LogP contribution in [-0.2, 0) is 0 Å². The first kappa shape index (κ1) is 12.2. The summed E-state index contributed by atoms with van der Waals surface area (Å²) in [5, 5.41) is 2.91. The highest BCUT2D eigenvalue weighted by atomic mass is 79.9. The minimum atomic E-state index is -0.122. The highest BCUT2D eigenvalue weighted by Gasteiger charge is 2.12. The number of amides is 1. The molecule has 0 saturated heterocycles. The van der Waals surface area contributed by atoms with Gasteiger partial charge in [0.1, 0.15) is 5.69 Å². The third kappa shape index (κ3) is 3.63. The lowest BCUT2D eigenvalue weighted by molar-refractivity contribution is 0.0932. The predicted octanol–water partition coefficient (Wildman–Crippen LogP) is 2.76. The molecule has 82 valence electrons. The fourth-order valence-corrected chi connectivity index (χ4v) is 1.79. The summed E-state index contributed by atoms with van der Waals surface area (Å²) < 4.78 is 0.728. The maximum Gasteiger partial charge on any atom is 0.271 e. The van der Waals surface area contributed by atoms with E-state index in [2.05, 4.69) is 33.2 Å². The maximum absolute atomic E-state index is 11.7. The molecule has 0 aliphatic carbocycles. The van der Waals surface area contributed by atoms with E-state index in [1.54, 1.807) is 12.3 Å². The van der Waals surface area contributed by atoms with Crippen LogP contribution in [0.25, 0.3) is 0 Å². The van der Waals surface area contributed by atoms with Gasteiger partial charge in [0.05, 0.1) is 0 Å². The molecule has 4 heteroatoms. The van der Waals surface area contributed by atoms with Crippen LogP contribution in [0.2, 0.25) is 0 Å². The zero-order chi connectivity index (χ0) is 11.3. The lowest BCUT2D eigenvalue weighted by atomic mass is 10.2. The number of pyridine rings is 1. The third-order valence-electron chi connectivity index (χ3n) is 2.07. The van der Waals surface area contributed by atoms with E-state index in [9.17, 15) is 4.79 Å². The standard InChI is InChI=1S/C11H15BrN2O/c1-3-5-8(2)14-11(15)10-9(12)6-4-7-13-10/h4,6-8H,3,5H2,1-2H3,(H,14,15). The highest BCUT2D eigenvalue weighted by molar-refractivity contribution is 9.10. The van der Waals surface area contributed by atoms with Gasteiger partial charge < -0.3 is 5.32 Å². The lowest BCUT2D eigenvalue weighted by Crippen LogP contribution is -2.33. The molecule has 0 radical (unpaired) electrons. The molecular weight excluding hydrogens is 256 g/mol. The van der Waals surface area contributed by atoms with E-state index in [1.807, 2.05) is 13.0 Å². The maximum atomic E-state index is 11.7. The van der Waals surface area contributed by atoms with E-state index in [4.69, 9.17) is 0 Å². The van der Waals surface area contributed by atoms with Gasteiger partial charge in [0, 0.05) is 16.7 Å². The molecule has 0 spiro atoms. The Morgan fingerprint density at radius 1 is 1.67 bits per heavy atom. The van der Waals surface area contributed by atoms with Gasteiger partial charge in [0.15, 0.2) is 0 Å². The van der Waals surface area contributed by atoms with Crippen molar-refractivity contribution in [1.29, 1.82) is 0 Å². The normalized spacial score (nSPS) is 12.2. The number of carbonyl (C=O) groups excluding carboxylic acids is 1. The van der Waals surface area contributed by atoms with Gasteiger partial charge in [-0.25, -0.2) is 4.98 Å². The highest BCUT2D eigenvalue weighted by Crippen LogP contribution is 2.13. The van der Waals surface area contributed by atoms with Gasteiger partial charge in [0.25, 0.3) is 5.91 Å². The Hall–Kier alpha value is -0.900. The molecule has 0 aromatic carbocycles.